The summed E-state index contributed by atoms with van der Waals surface area (Å²) in [6, 6.07) is 0. The Labute approximate surface area is 133 Å². The molecule has 2 heterocycles. The molecular weight excluding hydrogens is 280 g/mol. The summed E-state index contributed by atoms with van der Waals surface area (Å²) in [6.07, 6.45) is 6.99. The highest BCUT2D eigenvalue weighted by Gasteiger charge is 2.31. The molecule has 0 radical (unpaired) electrons. The fourth-order valence-electron chi connectivity index (χ4n) is 3.65. The lowest BCUT2D eigenvalue weighted by Crippen LogP contribution is -2.42. The van der Waals surface area contributed by atoms with E-state index < -0.39 is 0 Å². The molecule has 0 aromatic carbocycles. The molecule has 5 heteroatoms. The topological polar surface area (TPSA) is 49.9 Å². The van der Waals surface area contributed by atoms with E-state index in [1.165, 1.54) is 6.42 Å². The second kappa shape index (κ2) is 7.44. The molecule has 3 fully saturated rings. The number of amides is 2. The number of rotatable bonds is 3. The van der Waals surface area contributed by atoms with Gasteiger partial charge in [0.25, 0.3) is 0 Å². The lowest BCUT2D eigenvalue weighted by Gasteiger charge is -2.31. The Morgan fingerprint density at radius 1 is 0.909 bits per heavy atom. The molecule has 0 aromatic heterocycles. The van der Waals surface area contributed by atoms with E-state index in [9.17, 15) is 9.59 Å². The van der Waals surface area contributed by atoms with Crippen LogP contribution in [0.3, 0.4) is 0 Å². The number of hydrogen-bond donors (Lipinski definition) is 0. The van der Waals surface area contributed by atoms with Crippen molar-refractivity contribution in [2.24, 2.45) is 11.8 Å². The molecule has 1 aliphatic carbocycles. The second-order valence-electron chi connectivity index (χ2n) is 6.97. The zero-order valence-corrected chi connectivity index (χ0v) is 13.5. The van der Waals surface area contributed by atoms with Gasteiger partial charge in [-0.1, -0.05) is 6.42 Å². The molecule has 0 unspecified atom stereocenters. The smallest absolute Gasteiger partial charge is 0.225 e. The minimum Gasteiger partial charge on any atom is -0.381 e. The van der Waals surface area contributed by atoms with Gasteiger partial charge in [-0.2, -0.15) is 0 Å². The Morgan fingerprint density at radius 2 is 1.68 bits per heavy atom. The van der Waals surface area contributed by atoms with Crippen LogP contribution in [0, 0.1) is 11.8 Å². The van der Waals surface area contributed by atoms with Crippen molar-refractivity contribution in [2.75, 3.05) is 39.4 Å². The fourth-order valence-corrected chi connectivity index (χ4v) is 3.65. The summed E-state index contributed by atoms with van der Waals surface area (Å²) in [5.41, 5.74) is 0. The SMILES string of the molecule is O=C(C[C@@H]1CCCOC1)N1CCCN(C(=O)C2CCC2)CC1. The summed E-state index contributed by atoms with van der Waals surface area (Å²) >= 11 is 0. The van der Waals surface area contributed by atoms with E-state index in [2.05, 4.69) is 0 Å². The van der Waals surface area contributed by atoms with Crippen LogP contribution in [-0.4, -0.2) is 61.0 Å². The molecule has 124 valence electrons. The van der Waals surface area contributed by atoms with E-state index in [4.69, 9.17) is 4.74 Å². The van der Waals surface area contributed by atoms with E-state index in [1.807, 2.05) is 9.80 Å². The van der Waals surface area contributed by atoms with Gasteiger partial charge in [-0.25, -0.2) is 0 Å². The average molecular weight is 308 g/mol. The zero-order chi connectivity index (χ0) is 15.4. The van der Waals surface area contributed by atoms with Gasteiger partial charge in [-0.3, -0.25) is 9.59 Å². The first-order valence-corrected chi connectivity index (χ1v) is 8.88. The van der Waals surface area contributed by atoms with Crippen LogP contribution in [0.4, 0.5) is 0 Å². The Kier molecular flexibility index (Phi) is 5.34. The Morgan fingerprint density at radius 3 is 2.36 bits per heavy atom. The highest BCUT2D eigenvalue weighted by atomic mass is 16.5. The van der Waals surface area contributed by atoms with Gasteiger partial charge < -0.3 is 14.5 Å². The van der Waals surface area contributed by atoms with Crippen molar-refractivity contribution < 1.29 is 14.3 Å². The van der Waals surface area contributed by atoms with Crippen molar-refractivity contribution in [3.8, 4) is 0 Å². The highest BCUT2D eigenvalue weighted by Crippen LogP contribution is 2.28. The van der Waals surface area contributed by atoms with Crippen LogP contribution in [-0.2, 0) is 14.3 Å². The van der Waals surface area contributed by atoms with Crippen molar-refractivity contribution >= 4 is 11.8 Å². The predicted octanol–water partition coefficient (Wildman–Crippen LogP) is 1.66. The molecule has 3 aliphatic rings. The first-order valence-electron chi connectivity index (χ1n) is 8.88. The van der Waals surface area contributed by atoms with Gasteiger partial charge in [-0.05, 0) is 38.0 Å². The number of ether oxygens (including phenoxy) is 1. The molecule has 2 amide bonds. The number of hydrogen-bond acceptors (Lipinski definition) is 3. The molecule has 0 aromatic rings. The molecule has 0 N–H and O–H groups in total. The lowest BCUT2D eigenvalue weighted by atomic mass is 9.84. The van der Waals surface area contributed by atoms with Gasteiger partial charge in [0.2, 0.25) is 11.8 Å². The van der Waals surface area contributed by atoms with Crippen LogP contribution < -0.4 is 0 Å². The van der Waals surface area contributed by atoms with Gasteiger partial charge in [0.15, 0.2) is 0 Å². The number of carbonyl (C=O) groups excluding carboxylic acids is 2. The van der Waals surface area contributed by atoms with Crippen LogP contribution >= 0.6 is 0 Å². The van der Waals surface area contributed by atoms with Crippen LogP contribution in [0.1, 0.15) is 44.9 Å². The standard InChI is InChI=1S/C17H28N2O3/c20-16(12-14-4-2-11-22-13-14)18-7-3-8-19(10-9-18)17(21)15-5-1-6-15/h14-15H,1-13H2/t14-/m0/s1. The maximum atomic E-state index is 12.5. The molecule has 2 saturated heterocycles. The van der Waals surface area contributed by atoms with E-state index in [0.29, 0.717) is 31.3 Å². The van der Waals surface area contributed by atoms with Crippen molar-refractivity contribution in [3.05, 3.63) is 0 Å². The van der Waals surface area contributed by atoms with E-state index in [1.54, 1.807) is 0 Å². The lowest BCUT2D eigenvalue weighted by molar-refractivity contribution is -0.139. The molecule has 1 saturated carbocycles. The van der Waals surface area contributed by atoms with Crippen molar-refractivity contribution in [3.63, 3.8) is 0 Å². The van der Waals surface area contributed by atoms with Crippen molar-refractivity contribution in [2.45, 2.75) is 44.9 Å². The van der Waals surface area contributed by atoms with Crippen LogP contribution in [0.25, 0.3) is 0 Å². The zero-order valence-electron chi connectivity index (χ0n) is 13.5. The van der Waals surface area contributed by atoms with Gasteiger partial charge in [0.1, 0.15) is 0 Å². The van der Waals surface area contributed by atoms with Crippen molar-refractivity contribution in [1.82, 2.24) is 9.80 Å². The molecule has 0 spiro atoms. The van der Waals surface area contributed by atoms with Gasteiger partial charge in [-0.15, -0.1) is 0 Å². The minimum atomic E-state index is 0.244. The molecule has 3 rings (SSSR count). The highest BCUT2D eigenvalue weighted by molar-refractivity contribution is 5.80. The summed E-state index contributed by atoms with van der Waals surface area (Å²) in [6.45, 7) is 4.58. The largest absolute Gasteiger partial charge is 0.381 e. The number of carbonyl (C=O) groups is 2. The molecule has 22 heavy (non-hydrogen) atoms. The van der Waals surface area contributed by atoms with Gasteiger partial charge in [0, 0.05) is 51.7 Å². The second-order valence-corrected chi connectivity index (χ2v) is 6.97. The number of nitrogens with zero attached hydrogens (tertiary/aromatic N) is 2. The van der Waals surface area contributed by atoms with E-state index >= 15 is 0 Å². The van der Waals surface area contributed by atoms with Gasteiger partial charge >= 0.3 is 0 Å². The van der Waals surface area contributed by atoms with Crippen LogP contribution in [0.5, 0.6) is 0 Å². The Hall–Kier alpha value is -1.10. The Balaban J connectivity index is 1.46. The maximum absolute atomic E-state index is 12.5. The third-order valence-corrected chi connectivity index (χ3v) is 5.33. The fraction of sp³-hybridized carbons (Fsp3) is 0.882. The first-order chi connectivity index (χ1) is 10.7. The minimum absolute atomic E-state index is 0.244. The molecule has 5 nitrogen and oxygen atoms in total. The van der Waals surface area contributed by atoms with Crippen LogP contribution in [0.2, 0.25) is 0 Å². The Bertz CT molecular complexity index is 403. The monoisotopic (exact) mass is 308 g/mol. The van der Waals surface area contributed by atoms with Crippen molar-refractivity contribution in [1.29, 1.82) is 0 Å². The average Bonchev–Trinajstić information content (AvgIpc) is 2.72. The summed E-state index contributed by atoms with van der Waals surface area (Å²) in [7, 11) is 0. The quantitative estimate of drug-likeness (QED) is 0.797. The van der Waals surface area contributed by atoms with E-state index in [0.717, 1.165) is 58.4 Å². The molecular formula is C17H28N2O3. The summed E-state index contributed by atoms with van der Waals surface area (Å²) in [4.78, 5) is 28.7. The molecule has 0 bridgehead atoms. The third kappa shape index (κ3) is 3.80. The summed E-state index contributed by atoms with van der Waals surface area (Å²) in [5.74, 6) is 1.22. The van der Waals surface area contributed by atoms with Gasteiger partial charge in [0.05, 0.1) is 0 Å². The third-order valence-electron chi connectivity index (χ3n) is 5.33. The predicted molar refractivity (Wildman–Crippen MR) is 83.3 cm³/mol. The maximum Gasteiger partial charge on any atom is 0.225 e. The summed E-state index contributed by atoms with van der Waals surface area (Å²) in [5, 5.41) is 0. The normalized spacial score (nSPS) is 27.2. The van der Waals surface area contributed by atoms with Crippen LogP contribution in [0.15, 0.2) is 0 Å². The molecule has 1 atom stereocenters. The summed E-state index contributed by atoms with van der Waals surface area (Å²) < 4.78 is 5.47. The van der Waals surface area contributed by atoms with E-state index in [-0.39, 0.29) is 11.8 Å². The first kappa shape index (κ1) is 15.8. The molecule has 2 aliphatic heterocycles.